The van der Waals surface area contributed by atoms with Gasteiger partial charge in [-0.3, -0.25) is 0 Å². The van der Waals surface area contributed by atoms with E-state index in [4.69, 9.17) is 9.47 Å². The summed E-state index contributed by atoms with van der Waals surface area (Å²) in [6.07, 6.45) is 0. The Labute approximate surface area is 102 Å². The number of benzene rings is 1. The van der Waals surface area contributed by atoms with E-state index in [1.807, 2.05) is 26.8 Å². The molecular weight excluding hydrogens is 218 g/mol. The van der Waals surface area contributed by atoms with Gasteiger partial charge in [-0.1, -0.05) is 0 Å². The van der Waals surface area contributed by atoms with E-state index in [2.05, 4.69) is 5.32 Å². The molecule has 1 saturated heterocycles. The van der Waals surface area contributed by atoms with E-state index >= 15 is 0 Å². The van der Waals surface area contributed by atoms with Gasteiger partial charge in [-0.05, 0) is 44.5 Å². The molecule has 0 amide bonds. The number of ether oxygens (including phenoxy) is 2. The molecule has 4 heteroatoms. The quantitative estimate of drug-likeness (QED) is 0.775. The molecule has 94 valence electrons. The number of phenolic OH excluding ortho intramolecular Hbond substituents is 1. The third-order valence-electron chi connectivity index (χ3n) is 2.83. The van der Waals surface area contributed by atoms with Crippen molar-refractivity contribution in [3.8, 4) is 5.75 Å². The highest BCUT2D eigenvalue weighted by atomic mass is 16.7. The maximum Gasteiger partial charge on any atom is 0.162 e. The number of anilines is 1. The molecule has 0 bridgehead atoms. The first-order valence-electron chi connectivity index (χ1n) is 5.80. The van der Waals surface area contributed by atoms with E-state index in [-0.39, 0.29) is 11.8 Å². The molecule has 1 aliphatic rings. The first kappa shape index (κ1) is 12.2. The van der Waals surface area contributed by atoms with Gasteiger partial charge < -0.3 is 19.9 Å². The smallest absolute Gasteiger partial charge is 0.162 e. The SMILES string of the molecule is Cc1cc(O)ccc1NC1COC(C)(C)OC1. The topological polar surface area (TPSA) is 50.7 Å². The van der Waals surface area contributed by atoms with Gasteiger partial charge in [0.1, 0.15) is 5.75 Å². The lowest BCUT2D eigenvalue weighted by molar-refractivity contribution is -0.247. The summed E-state index contributed by atoms with van der Waals surface area (Å²) in [5.41, 5.74) is 2.01. The van der Waals surface area contributed by atoms with Crippen LogP contribution in [0.15, 0.2) is 18.2 Å². The van der Waals surface area contributed by atoms with Crippen molar-refractivity contribution in [2.45, 2.75) is 32.6 Å². The zero-order chi connectivity index (χ0) is 12.5. The van der Waals surface area contributed by atoms with E-state index in [0.717, 1.165) is 11.3 Å². The van der Waals surface area contributed by atoms with Crippen LogP contribution in [0.5, 0.6) is 5.75 Å². The first-order valence-corrected chi connectivity index (χ1v) is 5.80. The Kier molecular flexibility index (Phi) is 3.26. The second-order valence-corrected chi connectivity index (χ2v) is 4.86. The van der Waals surface area contributed by atoms with Crippen LogP contribution in [0, 0.1) is 6.92 Å². The van der Waals surface area contributed by atoms with Gasteiger partial charge in [0.15, 0.2) is 5.79 Å². The van der Waals surface area contributed by atoms with Crippen LogP contribution in [0.1, 0.15) is 19.4 Å². The minimum absolute atomic E-state index is 0.145. The van der Waals surface area contributed by atoms with Gasteiger partial charge in [0.05, 0.1) is 19.3 Å². The predicted octanol–water partition coefficient (Wildman–Crippen LogP) is 2.26. The molecule has 1 aromatic carbocycles. The summed E-state index contributed by atoms with van der Waals surface area (Å²) in [4.78, 5) is 0. The van der Waals surface area contributed by atoms with Gasteiger partial charge in [0.25, 0.3) is 0 Å². The average Bonchev–Trinajstić information content (AvgIpc) is 2.25. The molecule has 4 nitrogen and oxygen atoms in total. The van der Waals surface area contributed by atoms with Crippen molar-refractivity contribution in [3.05, 3.63) is 23.8 Å². The van der Waals surface area contributed by atoms with Crippen molar-refractivity contribution in [1.82, 2.24) is 0 Å². The summed E-state index contributed by atoms with van der Waals surface area (Å²) >= 11 is 0. The van der Waals surface area contributed by atoms with Crippen LogP contribution < -0.4 is 5.32 Å². The minimum atomic E-state index is -0.484. The fourth-order valence-corrected chi connectivity index (χ4v) is 1.81. The lowest BCUT2D eigenvalue weighted by Crippen LogP contribution is -2.45. The Bertz CT molecular complexity index is 394. The van der Waals surface area contributed by atoms with E-state index in [9.17, 15) is 5.11 Å². The van der Waals surface area contributed by atoms with Crippen LogP contribution in [0.4, 0.5) is 5.69 Å². The Morgan fingerprint density at radius 1 is 1.29 bits per heavy atom. The Balaban J connectivity index is 1.98. The normalized spacial score (nSPS) is 20.2. The molecule has 1 aromatic rings. The lowest BCUT2D eigenvalue weighted by Gasteiger charge is -2.35. The number of aromatic hydroxyl groups is 1. The Morgan fingerprint density at radius 3 is 2.53 bits per heavy atom. The molecule has 1 heterocycles. The standard InChI is InChI=1S/C13H19NO3/c1-9-6-11(15)4-5-12(9)14-10-7-16-13(2,3)17-8-10/h4-6,10,14-15H,7-8H2,1-3H3. The van der Waals surface area contributed by atoms with Crippen LogP contribution in [0.25, 0.3) is 0 Å². The largest absolute Gasteiger partial charge is 0.508 e. The molecule has 1 fully saturated rings. The molecule has 0 spiro atoms. The van der Waals surface area contributed by atoms with Gasteiger partial charge in [-0.2, -0.15) is 0 Å². The summed E-state index contributed by atoms with van der Waals surface area (Å²) in [7, 11) is 0. The number of phenols is 1. The third-order valence-corrected chi connectivity index (χ3v) is 2.83. The second-order valence-electron chi connectivity index (χ2n) is 4.86. The van der Waals surface area contributed by atoms with Crippen molar-refractivity contribution in [2.24, 2.45) is 0 Å². The van der Waals surface area contributed by atoms with Gasteiger partial charge in [-0.15, -0.1) is 0 Å². The molecule has 0 saturated carbocycles. The van der Waals surface area contributed by atoms with Crippen LogP contribution in [0.2, 0.25) is 0 Å². The molecule has 0 unspecified atom stereocenters. The molecule has 2 N–H and O–H groups in total. The zero-order valence-corrected chi connectivity index (χ0v) is 10.5. The number of nitrogens with one attached hydrogen (secondary N) is 1. The molecule has 0 aliphatic carbocycles. The summed E-state index contributed by atoms with van der Waals surface area (Å²) in [6.45, 7) is 7.02. The minimum Gasteiger partial charge on any atom is -0.508 e. The molecular formula is C13H19NO3. The molecule has 0 radical (unpaired) electrons. The summed E-state index contributed by atoms with van der Waals surface area (Å²) in [6, 6.07) is 5.41. The van der Waals surface area contributed by atoms with E-state index in [0.29, 0.717) is 13.2 Å². The number of hydrogen-bond acceptors (Lipinski definition) is 4. The van der Waals surface area contributed by atoms with Gasteiger partial charge in [0.2, 0.25) is 0 Å². The summed E-state index contributed by atoms with van der Waals surface area (Å²) in [5.74, 6) is -0.201. The first-order chi connectivity index (χ1) is 7.96. The van der Waals surface area contributed by atoms with Crippen LogP contribution in [0.3, 0.4) is 0 Å². The van der Waals surface area contributed by atoms with E-state index in [1.54, 1.807) is 12.1 Å². The number of hydrogen-bond donors (Lipinski definition) is 2. The third kappa shape index (κ3) is 3.11. The maximum atomic E-state index is 9.33. The van der Waals surface area contributed by atoms with E-state index in [1.165, 1.54) is 0 Å². The van der Waals surface area contributed by atoms with Crippen molar-refractivity contribution >= 4 is 5.69 Å². The van der Waals surface area contributed by atoms with Gasteiger partial charge in [-0.25, -0.2) is 0 Å². The molecule has 2 rings (SSSR count). The maximum absolute atomic E-state index is 9.33. The highest BCUT2D eigenvalue weighted by Crippen LogP contribution is 2.23. The lowest BCUT2D eigenvalue weighted by atomic mass is 10.1. The summed E-state index contributed by atoms with van der Waals surface area (Å²) in [5, 5.41) is 12.7. The van der Waals surface area contributed by atoms with Crippen molar-refractivity contribution in [1.29, 1.82) is 0 Å². The molecule has 0 aromatic heterocycles. The summed E-state index contributed by atoms with van der Waals surface area (Å²) < 4.78 is 11.2. The second kappa shape index (κ2) is 4.55. The number of rotatable bonds is 2. The van der Waals surface area contributed by atoms with Crippen molar-refractivity contribution in [2.75, 3.05) is 18.5 Å². The van der Waals surface area contributed by atoms with Crippen molar-refractivity contribution < 1.29 is 14.6 Å². The van der Waals surface area contributed by atoms with Crippen molar-refractivity contribution in [3.63, 3.8) is 0 Å². The number of aryl methyl sites for hydroxylation is 1. The van der Waals surface area contributed by atoms with Crippen LogP contribution >= 0.6 is 0 Å². The highest BCUT2D eigenvalue weighted by Gasteiger charge is 2.28. The van der Waals surface area contributed by atoms with Crippen LogP contribution in [-0.2, 0) is 9.47 Å². The fourth-order valence-electron chi connectivity index (χ4n) is 1.81. The monoisotopic (exact) mass is 237 g/mol. The molecule has 17 heavy (non-hydrogen) atoms. The van der Waals surface area contributed by atoms with Crippen LogP contribution in [-0.4, -0.2) is 30.1 Å². The zero-order valence-electron chi connectivity index (χ0n) is 10.5. The van der Waals surface area contributed by atoms with Gasteiger partial charge >= 0.3 is 0 Å². The fraction of sp³-hybridized carbons (Fsp3) is 0.538. The molecule has 0 atom stereocenters. The average molecular weight is 237 g/mol. The highest BCUT2D eigenvalue weighted by molar-refractivity contribution is 5.54. The van der Waals surface area contributed by atoms with Gasteiger partial charge in [0, 0.05) is 5.69 Å². The Hall–Kier alpha value is -1.26. The van der Waals surface area contributed by atoms with E-state index < -0.39 is 5.79 Å². The molecule has 1 aliphatic heterocycles. The Morgan fingerprint density at radius 2 is 1.94 bits per heavy atom. The predicted molar refractivity (Wildman–Crippen MR) is 66.2 cm³/mol.